The average molecular weight is 439 g/mol. The summed E-state index contributed by atoms with van der Waals surface area (Å²) in [5.41, 5.74) is 1.08. The monoisotopic (exact) mass is 438 g/mol. The first-order valence-electron chi connectivity index (χ1n) is 9.90. The third-order valence-corrected chi connectivity index (χ3v) is 6.22. The van der Waals surface area contributed by atoms with Gasteiger partial charge in [0.2, 0.25) is 5.91 Å². The molecule has 2 aromatic heterocycles. The van der Waals surface area contributed by atoms with Crippen molar-refractivity contribution in [3.05, 3.63) is 52.4 Å². The molecule has 160 valence electrons. The number of hydrogen-bond acceptors (Lipinski definition) is 4. The molecule has 0 aromatic carbocycles. The Kier molecular flexibility index (Phi) is 5.38. The Labute approximate surface area is 177 Å². The van der Waals surface area contributed by atoms with E-state index in [0.29, 0.717) is 19.5 Å². The summed E-state index contributed by atoms with van der Waals surface area (Å²) in [4.78, 5) is 23.1. The number of aryl methyl sites for hydroxylation is 1. The van der Waals surface area contributed by atoms with Gasteiger partial charge in [-0.2, -0.15) is 13.2 Å². The molecule has 1 atom stereocenters. The lowest BCUT2D eigenvalue weighted by molar-refractivity contribution is -0.137. The van der Waals surface area contributed by atoms with Crippen molar-refractivity contribution in [1.29, 1.82) is 0 Å². The van der Waals surface area contributed by atoms with E-state index in [9.17, 15) is 18.0 Å². The maximum Gasteiger partial charge on any atom is 0.417 e. The van der Waals surface area contributed by atoms with Crippen molar-refractivity contribution in [2.24, 2.45) is 0 Å². The molecule has 4 rings (SSSR count). The summed E-state index contributed by atoms with van der Waals surface area (Å²) in [5, 5.41) is 2.93. The maximum atomic E-state index is 12.9. The van der Waals surface area contributed by atoms with E-state index in [0.717, 1.165) is 42.8 Å². The number of nitrogens with zero attached hydrogens (tertiary/aromatic N) is 3. The summed E-state index contributed by atoms with van der Waals surface area (Å²) in [6.07, 6.45) is 1.28. The number of nitrogens with one attached hydrogen (secondary N) is 1. The molecule has 0 radical (unpaired) electrons. The highest BCUT2D eigenvalue weighted by molar-refractivity contribution is 6.33. The van der Waals surface area contributed by atoms with E-state index in [1.54, 1.807) is 11.1 Å². The zero-order valence-corrected chi connectivity index (χ0v) is 17.2. The molecule has 9 heteroatoms. The van der Waals surface area contributed by atoms with Crippen LogP contribution in [0.5, 0.6) is 0 Å². The minimum atomic E-state index is -4.51. The zero-order valence-electron chi connectivity index (χ0n) is 16.5. The van der Waals surface area contributed by atoms with Gasteiger partial charge in [-0.1, -0.05) is 17.7 Å². The van der Waals surface area contributed by atoms with E-state index in [-0.39, 0.29) is 22.2 Å². The predicted octanol–water partition coefficient (Wildman–Crippen LogP) is 4.27. The number of alkyl halides is 3. The topological polar surface area (TPSA) is 58.1 Å². The highest BCUT2D eigenvalue weighted by atomic mass is 35.5. The second-order valence-corrected chi connectivity index (χ2v) is 8.45. The summed E-state index contributed by atoms with van der Waals surface area (Å²) in [7, 11) is 0. The number of aromatic nitrogens is 2. The van der Waals surface area contributed by atoms with Crippen molar-refractivity contribution >= 4 is 23.3 Å². The van der Waals surface area contributed by atoms with Gasteiger partial charge in [0.1, 0.15) is 11.9 Å². The van der Waals surface area contributed by atoms with Gasteiger partial charge >= 0.3 is 6.18 Å². The Hall–Kier alpha value is -2.35. The summed E-state index contributed by atoms with van der Waals surface area (Å²) in [5.74, 6) is 0.0501. The van der Waals surface area contributed by atoms with Gasteiger partial charge in [0.05, 0.1) is 16.3 Å². The van der Waals surface area contributed by atoms with Gasteiger partial charge in [0.15, 0.2) is 0 Å². The lowest BCUT2D eigenvalue weighted by Crippen LogP contribution is -2.46. The van der Waals surface area contributed by atoms with Crippen LogP contribution in [0.3, 0.4) is 0 Å². The highest BCUT2D eigenvalue weighted by Crippen LogP contribution is 2.47. The normalized spacial score (nSPS) is 20.3. The lowest BCUT2D eigenvalue weighted by Gasteiger charge is -2.27. The molecule has 2 fully saturated rings. The van der Waals surface area contributed by atoms with E-state index in [1.807, 2.05) is 19.1 Å². The van der Waals surface area contributed by atoms with Gasteiger partial charge in [-0.15, -0.1) is 0 Å². The van der Waals surface area contributed by atoms with Gasteiger partial charge in [-0.05, 0) is 50.3 Å². The molecule has 1 aliphatic carbocycles. The van der Waals surface area contributed by atoms with Crippen LogP contribution >= 0.6 is 11.6 Å². The quantitative estimate of drug-likeness (QED) is 0.757. The van der Waals surface area contributed by atoms with Crippen LogP contribution in [0.15, 0.2) is 30.6 Å². The lowest BCUT2D eigenvalue weighted by atomic mass is 9.97. The number of carbonyl (C=O) groups is 1. The SMILES string of the molecule is Cc1cccnc1C1(CNC(=O)C2CCCN2c2ncc(C(F)(F)F)cc2Cl)CC1. The largest absolute Gasteiger partial charge is 0.417 e. The minimum absolute atomic E-state index is 0.104. The number of carbonyl (C=O) groups excluding carboxylic acids is 1. The van der Waals surface area contributed by atoms with Crippen LogP contribution in [0.25, 0.3) is 0 Å². The molecule has 5 nitrogen and oxygen atoms in total. The minimum Gasteiger partial charge on any atom is -0.353 e. The summed E-state index contributed by atoms with van der Waals surface area (Å²) >= 11 is 6.10. The molecular weight excluding hydrogens is 417 g/mol. The summed E-state index contributed by atoms with van der Waals surface area (Å²) in [6, 6.07) is 4.26. The van der Waals surface area contributed by atoms with Gasteiger partial charge < -0.3 is 10.2 Å². The third kappa shape index (κ3) is 3.97. The van der Waals surface area contributed by atoms with Crippen LogP contribution in [0, 0.1) is 6.92 Å². The summed E-state index contributed by atoms with van der Waals surface area (Å²) in [6.45, 7) is 3.02. The smallest absolute Gasteiger partial charge is 0.353 e. The van der Waals surface area contributed by atoms with E-state index in [2.05, 4.69) is 15.3 Å². The van der Waals surface area contributed by atoms with Crippen LogP contribution < -0.4 is 10.2 Å². The fraction of sp³-hybridized carbons (Fsp3) is 0.476. The molecule has 0 bridgehead atoms. The molecule has 1 saturated heterocycles. The number of halogens is 4. The molecule has 1 unspecified atom stereocenters. The molecule has 3 heterocycles. The molecule has 1 saturated carbocycles. The highest BCUT2D eigenvalue weighted by Gasteiger charge is 2.47. The third-order valence-electron chi connectivity index (χ3n) is 5.94. The van der Waals surface area contributed by atoms with Crippen molar-refractivity contribution in [2.75, 3.05) is 18.0 Å². The van der Waals surface area contributed by atoms with E-state index in [4.69, 9.17) is 11.6 Å². The van der Waals surface area contributed by atoms with E-state index >= 15 is 0 Å². The van der Waals surface area contributed by atoms with E-state index in [1.165, 1.54) is 0 Å². The van der Waals surface area contributed by atoms with Crippen molar-refractivity contribution in [2.45, 2.75) is 50.2 Å². The molecule has 1 amide bonds. The van der Waals surface area contributed by atoms with E-state index < -0.39 is 17.8 Å². The maximum absolute atomic E-state index is 12.9. The second-order valence-electron chi connectivity index (χ2n) is 8.05. The van der Waals surface area contributed by atoms with Crippen LogP contribution in [0.2, 0.25) is 5.02 Å². The van der Waals surface area contributed by atoms with Gasteiger partial charge in [0, 0.05) is 30.9 Å². The van der Waals surface area contributed by atoms with Crippen molar-refractivity contribution in [3.63, 3.8) is 0 Å². The molecule has 0 spiro atoms. The Balaban J connectivity index is 1.46. The fourth-order valence-corrected chi connectivity index (χ4v) is 4.43. The number of hydrogen-bond donors (Lipinski definition) is 1. The average Bonchev–Trinajstić information content (AvgIpc) is 3.32. The van der Waals surface area contributed by atoms with Crippen molar-refractivity contribution in [3.8, 4) is 0 Å². The Morgan fingerprint density at radius 3 is 2.77 bits per heavy atom. The first kappa shape index (κ1) is 20.9. The standard InChI is InChI=1S/C21H22ClF3N4O/c1-13-4-2-8-26-17(13)20(6-7-20)12-28-19(30)16-5-3-9-29(16)18-15(22)10-14(11-27-18)21(23,24)25/h2,4,8,10-11,16H,3,5-7,9,12H2,1H3,(H,28,30). The Morgan fingerprint density at radius 2 is 2.13 bits per heavy atom. The summed E-state index contributed by atoms with van der Waals surface area (Å²) < 4.78 is 38.7. The molecule has 1 N–H and O–H groups in total. The molecular formula is C21H22ClF3N4O. The number of amides is 1. The first-order chi connectivity index (χ1) is 14.2. The van der Waals surface area contributed by atoms with Crippen LogP contribution in [-0.4, -0.2) is 35.0 Å². The molecule has 30 heavy (non-hydrogen) atoms. The molecule has 2 aliphatic rings. The number of pyridine rings is 2. The van der Waals surface area contributed by atoms with Crippen molar-refractivity contribution < 1.29 is 18.0 Å². The van der Waals surface area contributed by atoms with Crippen molar-refractivity contribution in [1.82, 2.24) is 15.3 Å². The Bertz CT molecular complexity index is 962. The van der Waals surface area contributed by atoms with Gasteiger partial charge in [-0.25, -0.2) is 4.98 Å². The fourth-order valence-electron chi connectivity index (χ4n) is 4.15. The van der Waals surface area contributed by atoms with Crippen LogP contribution in [0.4, 0.5) is 19.0 Å². The zero-order chi connectivity index (χ0) is 21.5. The second kappa shape index (κ2) is 7.72. The van der Waals surface area contributed by atoms with Gasteiger partial charge in [-0.3, -0.25) is 9.78 Å². The van der Waals surface area contributed by atoms with Crippen LogP contribution in [-0.2, 0) is 16.4 Å². The van der Waals surface area contributed by atoms with Gasteiger partial charge in [0.25, 0.3) is 0 Å². The molecule has 2 aromatic rings. The number of anilines is 1. The number of rotatable bonds is 5. The molecule has 1 aliphatic heterocycles. The van der Waals surface area contributed by atoms with Crippen LogP contribution in [0.1, 0.15) is 42.5 Å². The predicted molar refractivity (Wildman–Crippen MR) is 108 cm³/mol. The first-order valence-corrected chi connectivity index (χ1v) is 10.3. The Morgan fingerprint density at radius 1 is 1.37 bits per heavy atom.